The van der Waals surface area contributed by atoms with Crippen LogP contribution >= 0.6 is 0 Å². The average molecular weight is 279 g/mol. The number of benzene rings is 2. The van der Waals surface area contributed by atoms with Crippen LogP contribution in [0.3, 0.4) is 0 Å². The summed E-state index contributed by atoms with van der Waals surface area (Å²) in [7, 11) is 0. The van der Waals surface area contributed by atoms with Gasteiger partial charge in [0.05, 0.1) is 6.04 Å². The average Bonchev–Trinajstić information content (AvgIpc) is 3.06. The van der Waals surface area contributed by atoms with Crippen LogP contribution in [0.25, 0.3) is 11.0 Å². The number of aliphatic hydroxyl groups is 1. The molecule has 1 aromatic heterocycles. The van der Waals surface area contributed by atoms with Gasteiger partial charge in [0.1, 0.15) is 17.4 Å². The van der Waals surface area contributed by atoms with Crippen LogP contribution in [0.4, 0.5) is 5.69 Å². The first-order chi connectivity index (χ1) is 10.2. The normalized spacial score (nSPS) is 18.5. The van der Waals surface area contributed by atoms with E-state index in [0.717, 1.165) is 34.4 Å². The van der Waals surface area contributed by atoms with E-state index < -0.39 is 6.10 Å². The highest BCUT2D eigenvalue weighted by molar-refractivity contribution is 5.82. The van der Waals surface area contributed by atoms with E-state index in [1.54, 1.807) is 0 Å². The maximum atomic E-state index is 10.8. The number of rotatable bonds is 2. The molecule has 0 amide bonds. The SMILES string of the molecule is Cc1oc2ccccc2c1C(O)C1Cc2ccccc2N1. The Morgan fingerprint density at radius 2 is 1.90 bits per heavy atom. The molecule has 0 saturated carbocycles. The van der Waals surface area contributed by atoms with Gasteiger partial charge in [-0.2, -0.15) is 0 Å². The van der Waals surface area contributed by atoms with Crippen molar-refractivity contribution < 1.29 is 9.52 Å². The smallest absolute Gasteiger partial charge is 0.134 e. The monoisotopic (exact) mass is 279 g/mol. The predicted octanol–water partition coefficient (Wildman–Crippen LogP) is 3.81. The van der Waals surface area contributed by atoms with Crippen molar-refractivity contribution in [1.29, 1.82) is 0 Å². The van der Waals surface area contributed by atoms with Crippen LogP contribution in [-0.2, 0) is 6.42 Å². The van der Waals surface area contributed by atoms with Crippen molar-refractivity contribution in [2.75, 3.05) is 5.32 Å². The molecule has 3 nitrogen and oxygen atoms in total. The summed E-state index contributed by atoms with van der Waals surface area (Å²) in [5.41, 5.74) is 4.11. The van der Waals surface area contributed by atoms with E-state index in [9.17, 15) is 5.11 Å². The van der Waals surface area contributed by atoms with Gasteiger partial charge in [0.2, 0.25) is 0 Å². The molecule has 2 unspecified atom stereocenters. The van der Waals surface area contributed by atoms with E-state index in [4.69, 9.17) is 4.42 Å². The summed E-state index contributed by atoms with van der Waals surface area (Å²) in [5, 5.41) is 15.3. The number of aliphatic hydroxyl groups excluding tert-OH is 1. The highest BCUT2D eigenvalue weighted by Gasteiger charge is 2.30. The Morgan fingerprint density at radius 1 is 1.14 bits per heavy atom. The van der Waals surface area contributed by atoms with E-state index in [2.05, 4.69) is 17.4 Å². The number of hydrogen-bond acceptors (Lipinski definition) is 3. The molecule has 106 valence electrons. The minimum atomic E-state index is -0.582. The largest absolute Gasteiger partial charge is 0.461 e. The summed E-state index contributed by atoms with van der Waals surface area (Å²) in [6.07, 6.45) is 0.247. The van der Waals surface area contributed by atoms with Crippen molar-refractivity contribution >= 4 is 16.7 Å². The molecule has 0 fully saturated rings. The van der Waals surface area contributed by atoms with E-state index in [1.165, 1.54) is 5.56 Å². The second-order valence-corrected chi connectivity index (χ2v) is 5.63. The highest BCUT2D eigenvalue weighted by atomic mass is 16.3. The maximum Gasteiger partial charge on any atom is 0.134 e. The molecule has 0 radical (unpaired) electrons. The Hall–Kier alpha value is -2.26. The summed E-state index contributed by atoms with van der Waals surface area (Å²) in [6.45, 7) is 1.92. The molecule has 0 spiro atoms. The van der Waals surface area contributed by atoms with Gasteiger partial charge in [-0.15, -0.1) is 0 Å². The van der Waals surface area contributed by atoms with Gasteiger partial charge in [-0.3, -0.25) is 0 Å². The molecular formula is C18H17NO2. The van der Waals surface area contributed by atoms with Crippen molar-refractivity contribution in [3.05, 3.63) is 65.4 Å². The molecular weight excluding hydrogens is 262 g/mol. The summed E-state index contributed by atoms with van der Waals surface area (Å²) < 4.78 is 5.77. The highest BCUT2D eigenvalue weighted by Crippen LogP contribution is 2.37. The van der Waals surface area contributed by atoms with Gasteiger partial charge in [-0.1, -0.05) is 36.4 Å². The van der Waals surface area contributed by atoms with Crippen LogP contribution < -0.4 is 5.32 Å². The van der Waals surface area contributed by atoms with Crippen LogP contribution in [0, 0.1) is 6.92 Å². The van der Waals surface area contributed by atoms with Gasteiger partial charge < -0.3 is 14.8 Å². The Morgan fingerprint density at radius 3 is 2.76 bits per heavy atom. The van der Waals surface area contributed by atoms with Gasteiger partial charge in [-0.05, 0) is 31.0 Å². The summed E-state index contributed by atoms with van der Waals surface area (Å²) >= 11 is 0. The van der Waals surface area contributed by atoms with Gasteiger partial charge in [-0.25, -0.2) is 0 Å². The third kappa shape index (κ3) is 1.93. The molecule has 0 aliphatic carbocycles. The molecule has 0 saturated heterocycles. The zero-order chi connectivity index (χ0) is 14.4. The summed E-state index contributed by atoms with van der Waals surface area (Å²) in [6, 6.07) is 16.1. The Balaban J connectivity index is 1.72. The molecule has 0 bridgehead atoms. The lowest BCUT2D eigenvalue weighted by Crippen LogP contribution is -2.25. The van der Waals surface area contributed by atoms with Gasteiger partial charge >= 0.3 is 0 Å². The molecule has 3 heteroatoms. The molecule has 1 aliphatic heterocycles. The molecule has 2 N–H and O–H groups in total. The maximum absolute atomic E-state index is 10.8. The van der Waals surface area contributed by atoms with Crippen LogP contribution in [0.1, 0.15) is 23.0 Å². The molecule has 2 heterocycles. The van der Waals surface area contributed by atoms with E-state index in [0.29, 0.717) is 0 Å². The fourth-order valence-electron chi connectivity index (χ4n) is 3.27. The Kier molecular flexibility index (Phi) is 2.76. The minimum absolute atomic E-state index is 0.0119. The lowest BCUT2D eigenvalue weighted by atomic mass is 9.97. The lowest BCUT2D eigenvalue weighted by Gasteiger charge is -2.19. The minimum Gasteiger partial charge on any atom is -0.461 e. The van der Waals surface area contributed by atoms with Crippen molar-refractivity contribution in [1.82, 2.24) is 0 Å². The van der Waals surface area contributed by atoms with Crippen LogP contribution in [0.15, 0.2) is 52.9 Å². The molecule has 3 aromatic rings. The van der Waals surface area contributed by atoms with Crippen molar-refractivity contribution in [3.8, 4) is 0 Å². The Bertz CT molecular complexity index is 781. The summed E-state index contributed by atoms with van der Waals surface area (Å²) in [5.74, 6) is 0.793. The zero-order valence-electron chi connectivity index (χ0n) is 11.8. The number of furan rings is 1. The fourth-order valence-corrected chi connectivity index (χ4v) is 3.27. The first-order valence-electron chi connectivity index (χ1n) is 7.24. The van der Waals surface area contributed by atoms with Crippen molar-refractivity contribution in [2.24, 2.45) is 0 Å². The molecule has 2 atom stereocenters. The van der Waals surface area contributed by atoms with Crippen LogP contribution in [0.5, 0.6) is 0 Å². The first-order valence-corrected chi connectivity index (χ1v) is 7.24. The number of anilines is 1. The standard InChI is InChI=1S/C18H17NO2/c1-11-17(13-7-3-5-9-16(13)21-11)18(20)15-10-12-6-2-4-8-14(12)19-15/h2-9,15,18-20H,10H2,1H3. The van der Waals surface area contributed by atoms with E-state index in [-0.39, 0.29) is 6.04 Å². The predicted molar refractivity (Wildman–Crippen MR) is 83.5 cm³/mol. The quantitative estimate of drug-likeness (QED) is 0.749. The first kappa shape index (κ1) is 12.5. The fraction of sp³-hybridized carbons (Fsp3) is 0.222. The molecule has 1 aliphatic rings. The molecule has 21 heavy (non-hydrogen) atoms. The number of hydrogen-bond donors (Lipinski definition) is 2. The summed E-state index contributed by atoms with van der Waals surface area (Å²) in [4.78, 5) is 0. The Labute approximate surface area is 123 Å². The number of para-hydroxylation sites is 2. The third-order valence-corrected chi connectivity index (χ3v) is 4.29. The number of aryl methyl sites for hydroxylation is 1. The van der Waals surface area contributed by atoms with Crippen molar-refractivity contribution in [2.45, 2.75) is 25.5 Å². The van der Waals surface area contributed by atoms with Gasteiger partial charge in [0.15, 0.2) is 0 Å². The van der Waals surface area contributed by atoms with Crippen LogP contribution in [-0.4, -0.2) is 11.1 Å². The van der Waals surface area contributed by atoms with E-state index in [1.807, 2.05) is 43.3 Å². The third-order valence-electron chi connectivity index (χ3n) is 4.29. The second-order valence-electron chi connectivity index (χ2n) is 5.63. The van der Waals surface area contributed by atoms with E-state index >= 15 is 0 Å². The zero-order valence-corrected chi connectivity index (χ0v) is 11.8. The number of fused-ring (bicyclic) bond motifs is 2. The number of nitrogens with one attached hydrogen (secondary N) is 1. The molecule has 4 rings (SSSR count). The topological polar surface area (TPSA) is 45.4 Å². The van der Waals surface area contributed by atoms with Crippen LogP contribution in [0.2, 0.25) is 0 Å². The molecule has 2 aromatic carbocycles. The second kappa shape index (κ2) is 4.64. The van der Waals surface area contributed by atoms with Crippen molar-refractivity contribution in [3.63, 3.8) is 0 Å². The lowest BCUT2D eigenvalue weighted by molar-refractivity contribution is 0.156. The van der Waals surface area contributed by atoms with Gasteiger partial charge in [0, 0.05) is 16.6 Å². The van der Waals surface area contributed by atoms with Gasteiger partial charge in [0.25, 0.3) is 0 Å².